The highest BCUT2D eigenvalue weighted by atomic mass is 15.0. The van der Waals surface area contributed by atoms with Crippen LogP contribution in [0, 0.1) is 5.92 Å². The molecule has 0 radical (unpaired) electrons. The van der Waals surface area contributed by atoms with Crippen LogP contribution in [0.1, 0.15) is 43.4 Å². The van der Waals surface area contributed by atoms with E-state index >= 15 is 0 Å². The number of nitrogens with one attached hydrogen (secondary N) is 1. The Morgan fingerprint density at radius 2 is 2.05 bits per heavy atom. The first-order valence-corrected chi connectivity index (χ1v) is 7.72. The summed E-state index contributed by atoms with van der Waals surface area (Å²) in [5.74, 6) is 0.879. The quantitative estimate of drug-likeness (QED) is 0.879. The molecule has 20 heavy (non-hydrogen) atoms. The second kappa shape index (κ2) is 6.37. The molecule has 0 spiro atoms. The average molecular weight is 272 g/mol. The summed E-state index contributed by atoms with van der Waals surface area (Å²) >= 11 is 0. The minimum Gasteiger partial charge on any atom is -0.325 e. The van der Waals surface area contributed by atoms with Gasteiger partial charge >= 0.3 is 0 Å². The third kappa shape index (κ3) is 3.19. The molecule has 0 aromatic carbocycles. The molecule has 0 aliphatic heterocycles. The monoisotopic (exact) mass is 272 g/mol. The van der Waals surface area contributed by atoms with Crippen LogP contribution in [0.5, 0.6) is 0 Å². The molecule has 1 saturated carbocycles. The van der Waals surface area contributed by atoms with Gasteiger partial charge in [0.05, 0.1) is 5.69 Å². The summed E-state index contributed by atoms with van der Waals surface area (Å²) in [4.78, 5) is 4.44. The normalized spacial score (nSPS) is 16.9. The molecular weight excluding hydrogens is 248 g/mol. The van der Waals surface area contributed by atoms with Crippen molar-refractivity contribution in [3.05, 3.63) is 35.8 Å². The van der Waals surface area contributed by atoms with Gasteiger partial charge in [0.25, 0.3) is 0 Å². The fourth-order valence-electron chi connectivity index (χ4n) is 3.11. The molecule has 3 rings (SSSR count). The highest BCUT2D eigenvalue weighted by Crippen LogP contribution is 2.22. The van der Waals surface area contributed by atoms with E-state index in [2.05, 4.69) is 33.0 Å². The molecule has 4 heteroatoms. The minimum atomic E-state index is 0.497. The lowest BCUT2D eigenvalue weighted by molar-refractivity contribution is 0.342. The number of rotatable bonds is 5. The van der Waals surface area contributed by atoms with Gasteiger partial charge in [0.1, 0.15) is 5.65 Å². The van der Waals surface area contributed by atoms with Gasteiger partial charge in [-0.3, -0.25) is 0 Å². The van der Waals surface area contributed by atoms with E-state index in [9.17, 15) is 0 Å². The van der Waals surface area contributed by atoms with Gasteiger partial charge in [-0.25, -0.2) is 4.98 Å². The van der Waals surface area contributed by atoms with Gasteiger partial charge < -0.3 is 15.5 Å². The second-order valence-corrected chi connectivity index (χ2v) is 5.87. The van der Waals surface area contributed by atoms with Gasteiger partial charge in [-0.1, -0.05) is 25.3 Å². The Kier molecular flexibility index (Phi) is 4.33. The Hall–Kier alpha value is -1.39. The predicted molar refractivity (Wildman–Crippen MR) is 81.4 cm³/mol. The van der Waals surface area contributed by atoms with Crippen molar-refractivity contribution < 1.29 is 0 Å². The number of nitrogens with zero attached hydrogens (tertiary/aromatic N) is 2. The molecule has 1 aliphatic carbocycles. The van der Waals surface area contributed by atoms with E-state index in [-0.39, 0.29) is 0 Å². The number of hydrogen-bond donors (Lipinski definition) is 2. The van der Waals surface area contributed by atoms with E-state index < -0.39 is 0 Å². The van der Waals surface area contributed by atoms with Crippen LogP contribution in [0.4, 0.5) is 0 Å². The van der Waals surface area contributed by atoms with Gasteiger partial charge in [0.2, 0.25) is 0 Å². The predicted octanol–water partition coefficient (Wildman–Crippen LogP) is 2.46. The summed E-state index contributed by atoms with van der Waals surface area (Å²) in [6.07, 6.45) is 11.2. The van der Waals surface area contributed by atoms with Crippen LogP contribution < -0.4 is 11.1 Å². The highest BCUT2D eigenvalue weighted by molar-refractivity contribution is 5.41. The zero-order chi connectivity index (χ0) is 13.8. The number of imidazole rings is 1. The third-order valence-corrected chi connectivity index (χ3v) is 4.26. The van der Waals surface area contributed by atoms with E-state index in [1.807, 2.05) is 6.20 Å². The lowest BCUT2D eigenvalue weighted by atomic mass is 9.89. The Balaban J connectivity index is 1.56. The smallest absolute Gasteiger partial charge is 0.137 e. The number of pyridine rings is 1. The van der Waals surface area contributed by atoms with Crippen LogP contribution >= 0.6 is 0 Å². The lowest BCUT2D eigenvalue weighted by Crippen LogP contribution is -2.24. The van der Waals surface area contributed by atoms with Gasteiger partial charge in [0, 0.05) is 25.5 Å². The van der Waals surface area contributed by atoms with Gasteiger partial charge in [-0.15, -0.1) is 0 Å². The second-order valence-electron chi connectivity index (χ2n) is 5.87. The molecule has 3 N–H and O–H groups in total. The molecule has 0 amide bonds. The molecular formula is C16H24N4. The van der Waals surface area contributed by atoms with Crippen molar-refractivity contribution in [2.75, 3.05) is 6.54 Å². The number of hydrogen-bond acceptors (Lipinski definition) is 3. The molecule has 2 aromatic rings. The van der Waals surface area contributed by atoms with Crippen molar-refractivity contribution in [1.29, 1.82) is 0 Å². The first-order chi connectivity index (χ1) is 9.85. The SMILES string of the molecule is NCc1cn2cc(CNCC3CCCCC3)ccc2n1. The molecule has 4 nitrogen and oxygen atoms in total. The van der Waals surface area contributed by atoms with Gasteiger partial charge in [0.15, 0.2) is 0 Å². The molecule has 2 heterocycles. The summed E-state index contributed by atoms with van der Waals surface area (Å²) in [5, 5.41) is 3.60. The molecule has 1 aliphatic rings. The molecule has 0 saturated heterocycles. The van der Waals surface area contributed by atoms with E-state index in [1.165, 1.54) is 37.7 Å². The molecule has 2 aromatic heterocycles. The fraction of sp³-hybridized carbons (Fsp3) is 0.562. The maximum Gasteiger partial charge on any atom is 0.137 e. The summed E-state index contributed by atoms with van der Waals surface area (Å²) in [7, 11) is 0. The Morgan fingerprint density at radius 3 is 2.85 bits per heavy atom. The minimum absolute atomic E-state index is 0.497. The zero-order valence-corrected chi connectivity index (χ0v) is 12.0. The van der Waals surface area contributed by atoms with Crippen LogP contribution in [0.2, 0.25) is 0 Å². The lowest BCUT2D eigenvalue weighted by Gasteiger charge is -2.21. The van der Waals surface area contributed by atoms with Crippen LogP contribution in [0.25, 0.3) is 5.65 Å². The average Bonchev–Trinajstić information content (AvgIpc) is 2.91. The summed E-state index contributed by atoms with van der Waals surface area (Å²) < 4.78 is 2.07. The van der Waals surface area contributed by atoms with Gasteiger partial charge in [-0.05, 0) is 36.9 Å². The van der Waals surface area contributed by atoms with Crippen molar-refractivity contribution in [3.63, 3.8) is 0 Å². The topological polar surface area (TPSA) is 55.4 Å². The van der Waals surface area contributed by atoms with Crippen molar-refractivity contribution in [2.45, 2.75) is 45.2 Å². The van der Waals surface area contributed by atoms with E-state index in [0.29, 0.717) is 6.54 Å². The molecule has 1 fully saturated rings. The summed E-state index contributed by atoms with van der Waals surface area (Å²) in [6, 6.07) is 4.22. The molecule has 0 bridgehead atoms. The van der Waals surface area contributed by atoms with Gasteiger partial charge in [-0.2, -0.15) is 0 Å². The van der Waals surface area contributed by atoms with Crippen LogP contribution in [-0.4, -0.2) is 15.9 Å². The Labute approximate surface area is 120 Å². The zero-order valence-electron chi connectivity index (χ0n) is 12.0. The van der Waals surface area contributed by atoms with Crippen molar-refractivity contribution in [3.8, 4) is 0 Å². The van der Waals surface area contributed by atoms with E-state index in [1.54, 1.807) is 0 Å². The summed E-state index contributed by atoms with van der Waals surface area (Å²) in [5.41, 5.74) is 8.84. The number of aromatic nitrogens is 2. The first kappa shape index (κ1) is 13.6. The fourth-order valence-corrected chi connectivity index (χ4v) is 3.11. The van der Waals surface area contributed by atoms with E-state index in [0.717, 1.165) is 30.3 Å². The molecule has 0 atom stereocenters. The van der Waals surface area contributed by atoms with Crippen LogP contribution in [0.3, 0.4) is 0 Å². The van der Waals surface area contributed by atoms with Crippen molar-refractivity contribution >= 4 is 5.65 Å². The number of nitrogens with two attached hydrogens (primary N) is 1. The van der Waals surface area contributed by atoms with Crippen molar-refractivity contribution in [2.24, 2.45) is 11.7 Å². The Bertz CT molecular complexity index is 555. The number of fused-ring (bicyclic) bond motifs is 1. The summed E-state index contributed by atoms with van der Waals surface area (Å²) in [6.45, 7) is 2.58. The van der Waals surface area contributed by atoms with E-state index in [4.69, 9.17) is 5.73 Å². The van der Waals surface area contributed by atoms with Crippen LogP contribution in [0.15, 0.2) is 24.5 Å². The maximum atomic E-state index is 5.63. The van der Waals surface area contributed by atoms with Crippen molar-refractivity contribution in [1.82, 2.24) is 14.7 Å². The highest BCUT2D eigenvalue weighted by Gasteiger charge is 2.12. The Morgan fingerprint density at radius 1 is 1.20 bits per heavy atom. The molecule has 0 unspecified atom stereocenters. The standard InChI is InChI=1S/C16H24N4/c17-8-15-12-20-11-14(6-7-16(20)19-15)10-18-9-13-4-2-1-3-5-13/h6-7,11-13,18H,1-5,8-10,17H2. The largest absolute Gasteiger partial charge is 0.325 e. The van der Waals surface area contributed by atoms with Crippen LogP contribution in [-0.2, 0) is 13.1 Å². The molecule has 108 valence electrons. The third-order valence-electron chi connectivity index (χ3n) is 4.26. The first-order valence-electron chi connectivity index (χ1n) is 7.72. The maximum absolute atomic E-state index is 5.63.